The molecule has 1 saturated heterocycles. The average Bonchev–Trinajstić information content (AvgIpc) is 2.78. The number of carbonyl (C=O) groups is 2. The zero-order valence-electron chi connectivity index (χ0n) is 18.7. The fourth-order valence-electron chi connectivity index (χ4n) is 3.90. The van der Waals surface area contributed by atoms with E-state index in [1.54, 1.807) is 23.1 Å². The van der Waals surface area contributed by atoms with Crippen molar-refractivity contribution in [2.24, 2.45) is 5.92 Å². The van der Waals surface area contributed by atoms with Crippen LogP contribution in [0.2, 0.25) is 0 Å². The molecule has 32 heavy (non-hydrogen) atoms. The summed E-state index contributed by atoms with van der Waals surface area (Å²) in [6.07, 6.45) is 1.57. The summed E-state index contributed by atoms with van der Waals surface area (Å²) in [4.78, 5) is 29.4. The number of hydrogen-bond acceptors (Lipinski definition) is 5. The molecule has 0 saturated carbocycles. The molecule has 2 N–H and O–H groups in total. The van der Waals surface area contributed by atoms with Crippen LogP contribution in [0.25, 0.3) is 0 Å². The molecule has 0 spiro atoms. The molecule has 0 aliphatic carbocycles. The number of para-hydroxylation sites is 2. The van der Waals surface area contributed by atoms with Gasteiger partial charge in [-0.05, 0) is 75.2 Å². The van der Waals surface area contributed by atoms with Gasteiger partial charge in [0.2, 0.25) is 11.8 Å². The highest BCUT2D eigenvalue weighted by molar-refractivity contribution is 5.95. The SMILES string of the molecule is Cc1ccc(N(CCC#N)C(=O)CN2CCC(C(=O)Nc3ccccc3O)CC2)cc1C. The fraction of sp³-hybridized carbons (Fsp3) is 0.400. The van der Waals surface area contributed by atoms with Gasteiger partial charge in [-0.25, -0.2) is 0 Å². The summed E-state index contributed by atoms with van der Waals surface area (Å²) >= 11 is 0. The molecule has 2 amide bonds. The second-order valence-electron chi connectivity index (χ2n) is 8.28. The highest BCUT2D eigenvalue weighted by atomic mass is 16.3. The number of nitriles is 1. The van der Waals surface area contributed by atoms with Crippen molar-refractivity contribution in [3.8, 4) is 11.8 Å². The van der Waals surface area contributed by atoms with Crippen LogP contribution in [0.3, 0.4) is 0 Å². The zero-order valence-corrected chi connectivity index (χ0v) is 18.7. The Morgan fingerprint density at radius 1 is 1.16 bits per heavy atom. The lowest BCUT2D eigenvalue weighted by atomic mass is 9.95. The lowest BCUT2D eigenvalue weighted by molar-refractivity contribution is -0.122. The number of nitrogens with zero attached hydrogens (tertiary/aromatic N) is 3. The smallest absolute Gasteiger partial charge is 0.241 e. The van der Waals surface area contributed by atoms with Gasteiger partial charge in [-0.15, -0.1) is 0 Å². The van der Waals surface area contributed by atoms with Crippen LogP contribution < -0.4 is 10.2 Å². The van der Waals surface area contributed by atoms with Crippen molar-refractivity contribution in [1.82, 2.24) is 4.90 Å². The molecule has 1 aliphatic heterocycles. The molecular weight excluding hydrogens is 404 g/mol. The van der Waals surface area contributed by atoms with Crippen LogP contribution in [0.4, 0.5) is 11.4 Å². The Hall–Kier alpha value is -3.37. The Kier molecular flexibility index (Phi) is 7.85. The molecule has 168 valence electrons. The molecule has 0 bridgehead atoms. The van der Waals surface area contributed by atoms with Crippen LogP contribution >= 0.6 is 0 Å². The van der Waals surface area contributed by atoms with Gasteiger partial charge < -0.3 is 15.3 Å². The minimum Gasteiger partial charge on any atom is -0.506 e. The first-order valence-electron chi connectivity index (χ1n) is 10.9. The van der Waals surface area contributed by atoms with Gasteiger partial charge in [-0.3, -0.25) is 14.5 Å². The predicted octanol–water partition coefficient (Wildman–Crippen LogP) is 3.61. The molecule has 0 aromatic heterocycles. The number of amides is 2. The van der Waals surface area contributed by atoms with Gasteiger partial charge in [-0.1, -0.05) is 18.2 Å². The topological polar surface area (TPSA) is 96.7 Å². The van der Waals surface area contributed by atoms with Crippen LogP contribution in [0.1, 0.15) is 30.4 Å². The van der Waals surface area contributed by atoms with Gasteiger partial charge in [0.15, 0.2) is 0 Å². The number of benzene rings is 2. The number of carbonyl (C=O) groups excluding carboxylic acids is 2. The number of piperidine rings is 1. The third-order valence-corrected chi connectivity index (χ3v) is 6.03. The molecule has 7 heteroatoms. The molecule has 1 fully saturated rings. The highest BCUT2D eigenvalue weighted by Crippen LogP contribution is 2.25. The minimum absolute atomic E-state index is 0.0411. The summed E-state index contributed by atoms with van der Waals surface area (Å²) < 4.78 is 0. The number of nitrogens with one attached hydrogen (secondary N) is 1. The third-order valence-electron chi connectivity index (χ3n) is 6.03. The Labute approximate surface area is 189 Å². The van der Waals surface area contributed by atoms with E-state index in [0.717, 1.165) is 16.8 Å². The van der Waals surface area contributed by atoms with Gasteiger partial charge >= 0.3 is 0 Å². The van der Waals surface area contributed by atoms with E-state index in [2.05, 4.69) is 16.3 Å². The molecule has 3 rings (SSSR count). The summed E-state index contributed by atoms with van der Waals surface area (Å²) in [5.74, 6) is -0.257. The summed E-state index contributed by atoms with van der Waals surface area (Å²) in [7, 11) is 0. The summed E-state index contributed by atoms with van der Waals surface area (Å²) in [5, 5.41) is 21.7. The minimum atomic E-state index is -0.157. The van der Waals surface area contributed by atoms with Gasteiger partial charge in [0.25, 0.3) is 0 Å². The monoisotopic (exact) mass is 434 g/mol. The van der Waals surface area contributed by atoms with E-state index < -0.39 is 0 Å². The maximum atomic E-state index is 13.1. The molecule has 7 nitrogen and oxygen atoms in total. The van der Waals surface area contributed by atoms with Crippen molar-refractivity contribution in [3.05, 3.63) is 53.6 Å². The first-order valence-corrected chi connectivity index (χ1v) is 10.9. The number of anilines is 2. The van der Waals surface area contributed by atoms with Crippen molar-refractivity contribution >= 4 is 23.2 Å². The van der Waals surface area contributed by atoms with Gasteiger partial charge in [0.1, 0.15) is 5.75 Å². The van der Waals surface area contributed by atoms with E-state index >= 15 is 0 Å². The fourth-order valence-corrected chi connectivity index (χ4v) is 3.90. The Morgan fingerprint density at radius 2 is 1.88 bits per heavy atom. The molecule has 1 aliphatic rings. The Bertz CT molecular complexity index is 1010. The van der Waals surface area contributed by atoms with Crippen LogP contribution in [0.5, 0.6) is 5.75 Å². The van der Waals surface area contributed by atoms with Crippen LogP contribution in [-0.2, 0) is 9.59 Å². The predicted molar refractivity (Wildman–Crippen MR) is 124 cm³/mol. The highest BCUT2D eigenvalue weighted by Gasteiger charge is 2.27. The van der Waals surface area contributed by atoms with E-state index in [4.69, 9.17) is 5.26 Å². The molecule has 0 unspecified atom stereocenters. The number of hydrogen-bond donors (Lipinski definition) is 2. The molecule has 2 aromatic carbocycles. The van der Waals surface area contributed by atoms with Crippen molar-refractivity contribution in [3.63, 3.8) is 0 Å². The van der Waals surface area contributed by atoms with E-state index in [0.29, 0.717) is 38.2 Å². The second-order valence-corrected chi connectivity index (χ2v) is 8.28. The van der Waals surface area contributed by atoms with Crippen LogP contribution in [0.15, 0.2) is 42.5 Å². The summed E-state index contributed by atoms with van der Waals surface area (Å²) in [6.45, 7) is 5.94. The van der Waals surface area contributed by atoms with E-state index in [9.17, 15) is 14.7 Å². The molecule has 0 radical (unpaired) electrons. The Balaban J connectivity index is 1.57. The number of rotatable bonds is 7. The Morgan fingerprint density at radius 3 is 2.53 bits per heavy atom. The van der Waals surface area contributed by atoms with E-state index in [1.165, 1.54) is 6.07 Å². The van der Waals surface area contributed by atoms with Gasteiger partial charge in [-0.2, -0.15) is 5.26 Å². The van der Waals surface area contributed by atoms with Gasteiger partial charge in [0, 0.05) is 18.2 Å². The lowest BCUT2D eigenvalue weighted by Crippen LogP contribution is -2.45. The zero-order chi connectivity index (χ0) is 23.1. The maximum Gasteiger partial charge on any atom is 0.241 e. The van der Waals surface area contributed by atoms with E-state index in [1.807, 2.05) is 32.0 Å². The van der Waals surface area contributed by atoms with Crippen LogP contribution in [-0.4, -0.2) is 48.0 Å². The van der Waals surface area contributed by atoms with E-state index in [-0.39, 0.29) is 36.4 Å². The summed E-state index contributed by atoms with van der Waals surface area (Å²) in [5.41, 5.74) is 3.49. The van der Waals surface area contributed by atoms with Crippen molar-refractivity contribution in [2.45, 2.75) is 33.1 Å². The number of aromatic hydroxyl groups is 1. The molecule has 0 atom stereocenters. The largest absolute Gasteiger partial charge is 0.506 e. The number of phenolic OH excluding ortho intramolecular Hbond substituents is 1. The molecule has 1 heterocycles. The van der Waals surface area contributed by atoms with Gasteiger partial charge in [0.05, 0.1) is 24.7 Å². The third kappa shape index (κ3) is 5.86. The second kappa shape index (κ2) is 10.8. The normalized spacial score (nSPS) is 14.5. The summed E-state index contributed by atoms with van der Waals surface area (Å²) in [6, 6.07) is 14.7. The molecular formula is C25H30N4O3. The first kappa shape index (κ1) is 23.3. The average molecular weight is 435 g/mol. The maximum absolute atomic E-state index is 13.1. The van der Waals surface area contributed by atoms with Crippen molar-refractivity contribution < 1.29 is 14.7 Å². The lowest BCUT2D eigenvalue weighted by Gasteiger charge is -2.32. The standard InChI is InChI=1S/C25H30N4O3/c1-18-8-9-21(16-19(18)2)29(13-5-12-26)24(31)17-28-14-10-20(11-15-28)25(32)27-22-6-3-4-7-23(22)30/h3-4,6-9,16,20,30H,5,10-11,13-15,17H2,1-2H3,(H,27,32). The molecule has 2 aromatic rings. The quantitative estimate of drug-likeness (QED) is 0.649. The van der Waals surface area contributed by atoms with Crippen LogP contribution in [0, 0.1) is 31.1 Å². The first-order chi connectivity index (χ1) is 15.4. The number of phenols is 1. The number of likely N-dealkylation sites (tertiary alicyclic amines) is 1. The van der Waals surface area contributed by atoms with Crippen molar-refractivity contribution in [1.29, 1.82) is 5.26 Å². The van der Waals surface area contributed by atoms with Crippen molar-refractivity contribution in [2.75, 3.05) is 36.4 Å². The number of aryl methyl sites for hydroxylation is 2.